The molecule has 4 atom stereocenters. The van der Waals surface area contributed by atoms with Crippen LogP contribution in [-0.2, 0) is 4.74 Å². The second-order valence-electron chi connectivity index (χ2n) is 8.72. The number of β-amino-alcohol motifs (C(OH)–C–C–N with tert-alkyl or cyclic N) is 1. The van der Waals surface area contributed by atoms with Crippen molar-refractivity contribution < 1.29 is 14.2 Å². The molecule has 27 heavy (non-hydrogen) atoms. The van der Waals surface area contributed by atoms with Crippen LogP contribution in [-0.4, -0.2) is 62.0 Å². The van der Waals surface area contributed by atoms with Crippen LogP contribution in [0.15, 0.2) is 24.3 Å². The number of halogens is 1. The van der Waals surface area contributed by atoms with Crippen molar-refractivity contribution in [2.45, 2.75) is 38.2 Å². The molecular formula is C22H33FN2O2. The van der Waals surface area contributed by atoms with Crippen molar-refractivity contribution in [2.24, 2.45) is 17.8 Å². The second kappa shape index (κ2) is 8.89. The van der Waals surface area contributed by atoms with Crippen molar-refractivity contribution in [1.29, 1.82) is 0 Å². The van der Waals surface area contributed by atoms with Crippen molar-refractivity contribution in [3.63, 3.8) is 0 Å². The molecule has 1 aromatic rings. The molecule has 1 heterocycles. The highest BCUT2D eigenvalue weighted by Gasteiger charge is 2.38. The largest absolute Gasteiger partial charge is 0.389 e. The van der Waals surface area contributed by atoms with Gasteiger partial charge >= 0.3 is 0 Å². The highest BCUT2D eigenvalue weighted by atomic mass is 19.1. The number of nitrogens with zero attached hydrogens (tertiary/aromatic N) is 2. The van der Waals surface area contributed by atoms with Gasteiger partial charge in [0.2, 0.25) is 0 Å². The molecule has 4 rings (SSSR count). The lowest BCUT2D eigenvalue weighted by Crippen LogP contribution is -2.49. The Morgan fingerprint density at radius 2 is 1.85 bits per heavy atom. The average Bonchev–Trinajstić information content (AvgIpc) is 3.30. The van der Waals surface area contributed by atoms with Crippen LogP contribution in [0.3, 0.4) is 0 Å². The first kappa shape index (κ1) is 19.2. The van der Waals surface area contributed by atoms with Gasteiger partial charge in [-0.2, -0.15) is 0 Å². The molecular weight excluding hydrogens is 343 g/mol. The van der Waals surface area contributed by atoms with Gasteiger partial charge in [-0.05, 0) is 67.7 Å². The molecule has 4 unspecified atom stereocenters. The number of rotatable bonds is 8. The van der Waals surface area contributed by atoms with Crippen LogP contribution in [0.5, 0.6) is 0 Å². The third kappa shape index (κ3) is 5.01. The summed E-state index contributed by atoms with van der Waals surface area (Å²) in [5.41, 5.74) is 1.07. The van der Waals surface area contributed by atoms with Gasteiger partial charge in [-0.15, -0.1) is 0 Å². The molecule has 3 fully saturated rings. The molecule has 150 valence electrons. The summed E-state index contributed by atoms with van der Waals surface area (Å²) >= 11 is 0. The van der Waals surface area contributed by atoms with E-state index in [1.165, 1.54) is 44.2 Å². The molecule has 2 saturated carbocycles. The van der Waals surface area contributed by atoms with E-state index in [2.05, 4.69) is 9.80 Å². The van der Waals surface area contributed by atoms with Crippen molar-refractivity contribution in [1.82, 2.24) is 4.90 Å². The fourth-order valence-electron chi connectivity index (χ4n) is 5.38. The van der Waals surface area contributed by atoms with Gasteiger partial charge in [-0.3, -0.25) is 4.90 Å². The monoisotopic (exact) mass is 376 g/mol. The normalized spacial score (nSPS) is 29.4. The molecule has 1 aromatic carbocycles. The first-order chi connectivity index (χ1) is 13.2. The van der Waals surface area contributed by atoms with Crippen LogP contribution >= 0.6 is 0 Å². The van der Waals surface area contributed by atoms with Crippen molar-refractivity contribution in [3.05, 3.63) is 30.1 Å². The van der Waals surface area contributed by atoms with E-state index < -0.39 is 6.10 Å². The van der Waals surface area contributed by atoms with E-state index in [9.17, 15) is 9.50 Å². The molecule has 2 aliphatic carbocycles. The van der Waals surface area contributed by atoms with Crippen LogP contribution in [0.4, 0.5) is 10.1 Å². The zero-order valence-corrected chi connectivity index (χ0v) is 16.2. The first-order valence-corrected chi connectivity index (χ1v) is 10.7. The molecule has 4 nitrogen and oxygen atoms in total. The number of benzene rings is 1. The quantitative estimate of drug-likeness (QED) is 0.707. The Hall–Kier alpha value is -1.17. The number of aliphatic hydroxyl groups excluding tert-OH is 1. The highest BCUT2D eigenvalue weighted by Crippen LogP contribution is 2.49. The van der Waals surface area contributed by atoms with E-state index in [0.29, 0.717) is 13.2 Å². The summed E-state index contributed by atoms with van der Waals surface area (Å²) in [5, 5.41) is 10.3. The Balaban J connectivity index is 1.09. The molecule has 0 spiro atoms. The smallest absolute Gasteiger partial charge is 0.123 e. The van der Waals surface area contributed by atoms with Gasteiger partial charge in [0.25, 0.3) is 0 Å². The summed E-state index contributed by atoms with van der Waals surface area (Å²) in [6.07, 6.45) is 6.51. The summed E-state index contributed by atoms with van der Waals surface area (Å²) in [7, 11) is 0. The maximum absolute atomic E-state index is 13.0. The van der Waals surface area contributed by atoms with Crippen LogP contribution in [0, 0.1) is 23.6 Å². The summed E-state index contributed by atoms with van der Waals surface area (Å²) in [6, 6.07) is 6.70. The molecule has 1 saturated heterocycles. The number of anilines is 1. The summed E-state index contributed by atoms with van der Waals surface area (Å²) in [4.78, 5) is 4.57. The van der Waals surface area contributed by atoms with Gasteiger partial charge in [0.1, 0.15) is 5.82 Å². The SMILES string of the molecule is OC(COCCC1CC2CCC1C2)CN1CCN(c2ccc(F)cc2)CC1. The highest BCUT2D eigenvalue weighted by molar-refractivity contribution is 5.46. The van der Waals surface area contributed by atoms with Gasteiger partial charge in [0.05, 0.1) is 12.7 Å². The molecule has 3 aliphatic rings. The maximum Gasteiger partial charge on any atom is 0.123 e. The number of piperazine rings is 1. The van der Waals surface area contributed by atoms with E-state index in [-0.39, 0.29) is 5.82 Å². The molecule has 1 aliphatic heterocycles. The van der Waals surface area contributed by atoms with Crippen LogP contribution in [0.25, 0.3) is 0 Å². The first-order valence-electron chi connectivity index (χ1n) is 10.7. The Bertz CT molecular complexity index is 588. The fourth-order valence-corrected chi connectivity index (χ4v) is 5.38. The van der Waals surface area contributed by atoms with E-state index in [0.717, 1.165) is 56.2 Å². The Morgan fingerprint density at radius 3 is 2.52 bits per heavy atom. The molecule has 0 radical (unpaired) electrons. The third-order valence-electron chi connectivity index (χ3n) is 6.86. The van der Waals surface area contributed by atoms with Crippen LogP contribution in [0.2, 0.25) is 0 Å². The Labute approximate surface area is 162 Å². The molecule has 2 bridgehead atoms. The van der Waals surface area contributed by atoms with Gasteiger partial charge in [-0.25, -0.2) is 4.39 Å². The zero-order chi connectivity index (χ0) is 18.6. The minimum absolute atomic E-state index is 0.194. The number of hydrogen-bond acceptors (Lipinski definition) is 4. The lowest BCUT2D eigenvalue weighted by molar-refractivity contribution is 0.0100. The van der Waals surface area contributed by atoms with Crippen molar-refractivity contribution in [3.8, 4) is 0 Å². The Morgan fingerprint density at radius 1 is 1.07 bits per heavy atom. The van der Waals surface area contributed by atoms with Crippen LogP contribution < -0.4 is 4.90 Å². The van der Waals surface area contributed by atoms with Crippen molar-refractivity contribution >= 4 is 5.69 Å². The topological polar surface area (TPSA) is 35.9 Å². The number of hydrogen-bond donors (Lipinski definition) is 1. The lowest BCUT2D eigenvalue weighted by Gasteiger charge is -2.36. The van der Waals surface area contributed by atoms with E-state index in [1.807, 2.05) is 12.1 Å². The standard InChI is InChI=1S/C22H33FN2O2/c23-20-3-5-21(6-4-20)25-10-8-24(9-11-25)15-22(26)16-27-12-7-19-14-17-1-2-18(19)13-17/h3-6,17-19,22,26H,1-2,7-16H2. The minimum Gasteiger partial charge on any atom is -0.389 e. The Kier molecular flexibility index (Phi) is 6.31. The van der Waals surface area contributed by atoms with Crippen molar-refractivity contribution in [2.75, 3.05) is 50.8 Å². The number of ether oxygens (including phenoxy) is 1. The molecule has 0 aromatic heterocycles. The minimum atomic E-state index is -0.414. The van der Waals surface area contributed by atoms with E-state index in [4.69, 9.17) is 4.74 Å². The lowest BCUT2D eigenvalue weighted by atomic mass is 9.87. The zero-order valence-electron chi connectivity index (χ0n) is 16.2. The van der Waals surface area contributed by atoms with Gasteiger partial charge in [0.15, 0.2) is 0 Å². The number of fused-ring (bicyclic) bond motifs is 2. The number of aliphatic hydroxyl groups is 1. The fraction of sp³-hybridized carbons (Fsp3) is 0.727. The predicted octanol–water partition coefficient (Wildman–Crippen LogP) is 3.15. The van der Waals surface area contributed by atoms with Crippen LogP contribution in [0.1, 0.15) is 32.1 Å². The summed E-state index contributed by atoms with van der Waals surface area (Å²) in [6.45, 7) is 5.56. The third-order valence-corrected chi connectivity index (χ3v) is 6.86. The molecule has 0 amide bonds. The molecule has 1 N–H and O–H groups in total. The predicted molar refractivity (Wildman–Crippen MR) is 105 cm³/mol. The van der Waals surface area contributed by atoms with E-state index >= 15 is 0 Å². The maximum atomic E-state index is 13.0. The summed E-state index contributed by atoms with van der Waals surface area (Å²) in [5.74, 6) is 2.64. The molecule has 5 heteroatoms. The van der Waals surface area contributed by atoms with Gasteiger partial charge in [0, 0.05) is 45.0 Å². The second-order valence-corrected chi connectivity index (χ2v) is 8.72. The van der Waals surface area contributed by atoms with Gasteiger partial charge in [-0.1, -0.05) is 6.42 Å². The summed E-state index contributed by atoms with van der Waals surface area (Å²) < 4.78 is 18.8. The van der Waals surface area contributed by atoms with E-state index in [1.54, 1.807) is 0 Å². The average molecular weight is 377 g/mol. The van der Waals surface area contributed by atoms with Gasteiger partial charge < -0.3 is 14.7 Å².